The lowest BCUT2D eigenvalue weighted by atomic mass is 10.1. The van der Waals surface area contributed by atoms with Crippen molar-refractivity contribution in [1.29, 1.82) is 0 Å². The zero-order valence-corrected chi connectivity index (χ0v) is 12.5. The fraction of sp³-hybridized carbons (Fsp3) is 0.235. The van der Waals surface area contributed by atoms with Gasteiger partial charge in [0.25, 0.3) is 5.91 Å². The third kappa shape index (κ3) is 3.61. The molecular weight excluding hydrogens is 270 g/mol. The standard InChI is InChI=1S/C17H18ClNO/c1-3-13-5-4-6-15(11-13)17(20)19(2)12-14-7-9-16(18)10-8-14/h4-11H,3,12H2,1-2H3. The van der Waals surface area contributed by atoms with Gasteiger partial charge in [0, 0.05) is 24.2 Å². The molecule has 0 aromatic heterocycles. The van der Waals surface area contributed by atoms with E-state index in [1.807, 2.05) is 55.6 Å². The minimum atomic E-state index is 0.0373. The molecule has 1 amide bonds. The maximum Gasteiger partial charge on any atom is 0.253 e. The van der Waals surface area contributed by atoms with Gasteiger partial charge in [0.2, 0.25) is 0 Å². The van der Waals surface area contributed by atoms with Gasteiger partial charge >= 0.3 is 0 Å². The van der Waals surface area contributed by atoms with Crippen LogP contribution in [-0.2, 0) is 13.0 Å². The molecule has 2 aromatic rings. The molecule has 0 aliphatic heterocycles. The van der Waals surface area contributed by atoms with E-state index in [4.69, 9.17) is 11.6 Å². The number of carbonyl (C=O) groups is 1. The zero-order valence-electron chi connectivity index (χ0n) is 11.8. The van der Waals surface area contributed by atoms with Crippen LogP contribution in [0.1, 0.15) is 28.4 Å². The van der Waals surface area contributed by atoms with Gasteiger partial charge in [-0.1, -0.05) is 42.8 Å². The maximum atomic E-state index is 12.4. The van der Waals surface area contributed by atoms with Crippen molar-refractivity contribution < 1.29 is 4.79 Å². The summed E-state index contributed by atoms with van der Waals surface area (Å²) in [6, 6.07) is 15.3. The number of halogens is 1. The third-order valence-electron chi connectivity index (χ3n) is 3.26. The highest BCUT2D eigenvalue weighted by Gasteiger charge is 2.12. The average Bonchev–Trinajstić information content (AvgIpc) is 2.48. The molecule has 0 unspecified atom stereocenters. The van der Waals surface area contributed by atoms with Crippen LogP contribution in [0.5, 0.6) is 0 Å². The summed E-state index contributed by atoms with van der Waals surface area (Å²) in [6.07, 6.45) is 0.933. The van der Waals surface area contributed by atoms with Crippen molar-refractivity contribution in [2.45, 2.75) is 19.9 Å². The maximum absolute atomic E-state index is 12.4. The Balaban J connectivity index is 2.09. The largest absolute Gasteiger partial charge is 0.337 e. The second kappa shape index (κ2) is 6.58. The number of rotatable bonds is 4. The van der Waals surface area contributed by atoms with Gasteiger partial charge in [-0.3, -0.25) is 4.79 Å². The molecule has 20 heavy (non-hydrogen) atoms. The molecule has 0 saturated carbocycles. The smallest absolute Gasteiger partial charge is 0.253 e. The van der Waals surface area contributed by atoms with Crippen molar-refractivity contribution in [3.63, 3.8) is 0 Å². The van der Waals surface area contributed by atoms with Crippen LogP contribution >= 0.6 is 11.6 Å². The Kier molecular flexibility index (Phi) is 4.80. The Morgan fingerprint density at radius 3 is 2.45 bits per heavy atom. The molecule has 0 aliphatic carbocycles. The van der Waals surface area contributed by atoms with E-state index in [1.165, 1.54) is 5.56 Å². The predicted octanol–water partition coefficient (Wildman–Crippen LogP) is 4.17. The van der Waals surface area contributed by atoms with Crippen LogP contribution in [0.15, 0.2) is 48.5 Å². The van der Waals surface area contributed by atoms with Crippen LogP contribution < -0.4 is 0 Å². The van der Waals surface area contributed by atoms with Crippen LogP contribution in [0.25, 0.3) is 0 Å². The Hall–Kier alpha value is -1.80. The molecule has 0 heterocycles. The summed E-state index contributed by atoms with van der Waals surface area (Å²) in [6.45, 7) is 2.66. The Bertz CT molecular complexity index is 592. The predicted molar refractivity (Wildman–Crippen MR) is 83.1 cm³/mol. The Morgan fingerprint density at radius 1 is 1.10 bits per heavy atom. The summed E-state index contributed by atoms with van der Waals surface area (Å²) in [7, 11) is 1.82. The number of hydrogen-bond acceptors (Lipinski definition) is 1. The van der Waals surface area contributed by atoms with Crippen molar-refractivity contribution in [3.8, 4) is 0 Å². The van der Waals surface area contributed by atoms with Crippen molar-refractivity contribution >= 4 is 17.5 Å². The lowest BCUT2D eigenvalue weighted by Gasteiger charge is -2.17. The molecule has 0 N–H and O–H groups in total. The fourth-order valence-corrected chi connectivity index (χ4v) is 2.21. The molecule has 0 atom stereocenters. The molecule has 104 valence electrons. The summed E-state index contributed by atoms with van der Waals surface area (Å²) in [5, 5.41) is 0.707. The molecule has 2 nitrogen and oxygen atoms in total. The van der Waals surface area contributed by atoms with Crippen molar-refractivity contribution in [2.75, 3.05) is 7.05 Å². The molecule has 2 rings (SSSR count). The number of benzene rings is 2. The highest BCUT2D eigenvalue weighted by Crippen LogP contribution is 2.13. The van der Waals surface area contributed by atoms with E-state index >= 15 is 0 Å². The highest BCUT2D eigenvalue weighted by molar-refractivity contribution is 6.30. The van der Waals surface area contributed by atoms with Crippen molar-refractivity contribution in [3.05, 3.63) is 70.2 Å². The number of nitrogens with zero attached hydrogens (tertiary/aromatic N) is 1. The molecule has 2 aromatic carbocycles. The van der Waals surface area contributed by atoms with Crippen LogP contribution in [0.4, 0.5) is 0 Å². The average molecular weight is 288 g/mol. The molecule has 0 radical (unpaired) electrons. The van der Waals surface area contributed by atoms with Gasteiger partial charge in [-0.2, -0.15) is 0 Å². The lowest BCUT2D eigenvalue weighted by molar-refractivity contribution is 0.0785. The topological polar surface area (TPSA) is 20.3 Å². The molecule has 0 aliphatic rings. The summed E-state index contributed by atoms with van der Waals surface area (Å²) in [5.74, 6) is 0.0373. The quantitative estimate of drug-likeness (QED) is 0.826. The minimum Gasteiger partial charge on any atom is -0.337 e. The number of carbonyl (C=O) groups excluding carboxylic acids is 1. The van der Waals surface area contributed by atoms with Crippen LogP contribution in [0.3, 0.4) is 0 Å². The van der Waals surface area contributed by atoms with Gasteiger partial charge in [0.05, 0.1) is 0 Å². The molecule has 0 bridgehead atoms. The van der Waals surface area contributed by atoms with Gasteiger partial charge in [0.1, 0.15) is 0 Å². The van der Waals surface area contributed by atoms with Crippen molar-refractivity contribution in [1.82, 2.24) is 4.90 Å². The van der Waals surface area contributed by atoms with Crippen molar-refractivity contribution in [2.24, 2.45) is 0 Å². The monoisotopic (exact) mass is 287 g/mol. The fourth-order valence-electron chi connectivity index (χ4n) is 2.08. The van der Waals surface area contributed by atoms with Crippen LogP contribution in [0.2, 0.25) is 5.02 Å². The molecule has 3 heteroatoms. The van der Waals surface area contributed by atoms with E-state index < -0.39 is 0 Å². The first-order valence-corrected chi connectivity index (χ1v) is 7.07. The van der Waals surface area contributed by atoms with Crippen LogP contribution in [0, 0.1) is 0 Å². The van der Waals surface area contributed by atoms with E-state index in [9.17, 15) is 4.79 Å². The first-order chi connectivity index (χ1) is 9.60. The first-order valence-electron chi connectivity index (χ1n) is 6.69. The Morgan fingerprint density at radius 2 is 1.80 bits per heavy atom. The second-order valence-corrected chi connectivity index (χ2v) is 5.28. The Labute approximate surface area is 125 Å². The highest BCUT2D eigenvalue weighted by atomic mass is 35.5. The molecule has 0 spiro atoms. The SMILES string of the molecule is CCc1cccc(C(=O)N(C)Cc2ccc(Cl)cc2)c1. The van der Waals surface area contributed by atoms with Gasteiger partial charge in [0.15, 0.2) is 0 Å². The molecular formula is C17H18ClNO. The number of amides is 1. The van der Waals surface area contributed by atoms with Gasteiger partial charge in [-0.25, -0.2) is 0 Å². The van der Waals surface area contributed by atoms with Gasteiger partial charge in [-0.15, -0.1) is 0 Å². The zero-order chi connectivity index (χ0) is 14.5. The van der Waals surface area contributed by atoms with Gasteiger partial charge in [-0.05, 0) is 41.8 Å². The van der Waals surface area contributed by atoms with Crippen LogP contribution in [-0.4, -0.2) is 17.9 Å². The van der Waals surface area contributed by atoms with E-state index in [1.54, 1.807) is 4.90 Å². The minimum absolute atomic E-state index is 0.0373. The van der Waals surface area contributed by atoms with E-state index in [2.05, 4.69) is 6.92 Å². The third-order valence-corrected chi connectivity index (χ3v) is 3.51. The van der Waals surface area contributed by atoms with E-state index in [0.29, 0.717) is 11.6 Å². The summed E-state index contributed by atoms with van der Waals surface area (Å²) < 4.78 is 0. The normalized spacial score (nSPS) is 10.3. The molecule has 0 fully saturated rings. The van der Waals surface area contributed by atoms with E-state index in [-0.39, 0.29) is 5.91 Å². The number of aryl methyl sites for hydroxylation is 1. The van der Waals surface area contributed by atoms with Gasteiger partial charge < -0.3 is 4.90 Å². The summed E-state index contributed by atoms with van der Waals surface area (Å²) >= 11 is 5.86. The summed E-state index contributed by atoms with van der Waals surface area (Å²) in [4.78, 5) is 14.1. The number of hydrogen-bond donors (Lipinski definition) is 0. The first kappa shape index (κ1) is 14.6. The van der Waals surface area contributed by atoms with E-state index in [0.717, 1.165) is 17.5 Å². The summed E-state index contributed by atoms with van der Waals surface area (Å²) in [5.41, 5.74) is 2.98. The second-order valence-electron chi connectivity index (χ2n) is 4.84. The molecule has 0 saturated heterocycles. The lowest BCUT2D eigenvalue weighted by Crippen LogP contribution is -2.26.